The second-order valence-electron chi connectivity index (χ2n) is 5.10. The van der Waals surface area contributed by atoms with Gasteiger partial charge in [-0.3, -0.25) is 0 Å². The Hall–Kier alpha value is -0.140. The summed E-state index contributed by atoms with van der Waals surface area (Å²) in [5, 5.41) is 7.39. The lowest BCUT2D eigenvalue weighted by Crippen LogP contribution is -2.43. The van der Waals surface area contributed by atoms with E-state index in [1.54, 1.807) is 0 Å². The third-order valence-electron chi connectivity index (χ3n) is 2.94. The number of thioether (sulfide) groups is 1. The fourth-order valence-corrected chi connectivity index (χ4v) is 1.91. The molecule has 0 aliphatic heterocycles. The second kappa shape index (κ2) is 10.6. The van der Waals surface area contributed by atoms with Gasteiger partial charge in [0.15, 0.2) is 5.96 Å². The summed E-state index contributed by atoms with van der Waals surface area (Å²) >= 11 is 7.98. The summed E-state index contributed by atoms with van der Waals surface area (Å²) in [5.74, 6) is 0.828. The van der Waals surface area contributed by atoms with Crippen molar-refractivity contribution in [3.8, 4) is 0 Å². The van der Waals surface area contributed by atoms with Gasteiger partial charge in [0.2, 0.25) is 0 Å². The van der Waals surface area contributed by atoms with Crippen LogP contribution in [-0.4, -0.2) is 30.1 Å². The molecule has 0 aliphatic rings. The number of guanidine groups is 1. The van der Waals surface area contributed by atoms with Crippen molar-refractivity contribution in [1.29, 1.82) is 0 Å². The predicted molar refractivity (Wildman–Crippen MR) is 107 cm³/mol. The Labute approximate surface area is 154 Å². The zero-order valence-corrected chi connectivity index (χ0v) is 17.0. The monoisotopic (exact) mass is 441 g/mol. The smallest absolute Gasteiger partial charge is 0.191 e. The van der Waals surface area contributed by atoms with E-state index in [2.05, 4.69) is 42.7 Å². The highest BCUT2D eigenvalue weighted by Gasteiger charge is 2.16. The van der Waals surface area contributed by atoms with E-state index in [1.165, 1.54) is 0 Å². The molecule has 0 unspecified atom stereocenters. The second-order valence-corrected chi connectivity index (χ2v) is 7.02. The van der Waals surface area contributed by atoms with Crippen molar-refractivity contribution < 1.29 is 0 Å². The molecule has 0 bridgehead atoms. The number of nitrogens with zero attached hydrogens (tertiary/aromatic N) is 1. The van der Waals surface area contributed by atoms with Crippen LogP contribution in [0.2, 0.25) is 5.02 Å². The first kappa shape index (κ1) is 20.9. The van der Waals surface area contributed by atoms with E-state index >= 15 is 0 Å². The summed E-state index contributed by atoms with van der Waals surface area (Å²) in [6, 6.07) is 7.80. The first-order valence-corrected chi connectivity index (χ1v) is 8.39. The summed E-state index contributed by atoms with van der Waals surface area (Å²) in [4.78, 5) is 4.58. The molecule has 1 aromatic rings. The van der Waals surface area contributed by atoms with Crippen molar-refractivity contribution in [3.63, 3.8) is 0 Å². The van der Waals surface area contributed by atoms with Gasteiger partial charge in [-0.15, -0.1) is 24.0 Å². The van der Waals surface area contributed by atoms with E-state index in [-0.39, 0.29) is 28.7 Å². The van der Waals surface area contributed by atoms with Crippen molar-refractivity contribution in [1.82, 2.24) is 10.6 Å². The summed E-state index contributed by atoms with van der Waals surface area (Å²) < 4.78 is 0.181. The quantitative estimate of drug-likeness (QED) is 0.395. The number of rotatable bonds is 6. The van der Waals surface area contributed by atoms with Crippen LogP contribution >= 0.6 is 47.3 Å². The predicted octanol–water partition coefficient (Wildman–Crippen LogP) is 4.15. The van der Waals surface area contributed by atoms with Crippen molar-refractivity contribution in [2.45, 2.75) is 32.1 Å². The number of nitrogens with one attached hydrogen (secondary N) is 2. The number of benzene rings is 1. The summed E-state index contributed by atoms with van der Waals surface area (Å²) in [6.07, 6.45) is 2.12. The SMILES string of the molecule is CCNC(=NCc1ccccc1Cl)NCC(C)(C)SC.I. The summed E-state index contributed by atoms with van der Waals surface area (Å²) in [6.45, 7) is 8.77. The van der Waals surface area contributed by atoms with Crippen LogP contribution in [0, 0.1) is 0 Å². The van der Waals surface area contributed by atoms with E-state index in [0.717, 1.165) is 29.6 Å². The van der Waals surface area contributed by atoms with Crippen LogP contribution in [-0.2, 0) is 6.54 Å². The lowest BCUT2D eigenvalue weighted by atomic mass is 10.2. The molecule has 2 N–H and O–H groups in total. The highest BCUT2D eigenvalue weighted by atomic mass is 127. The highest BCUT2D eigenvalue weighted by molar-refractivity contribution is 14.0. The van der Waals surface area contributed by atoms with Gasteiger partial charge in [-0.1, -0.05) is 29.8 Å². The molecule has 120 valence electrons. The number of halogens is 2. The summed E-state index contributed by atoms with van der Waals surface area (Å²) in [5.41, 5.74) is 1.04. The number of hydrogen-bond donors (Lipinski definition) is 2. The van der Waals surface area contributed by atoms with Crippen LogP contribution in [0.15, 0.2) is 29.3 Å². The van der Waals surface area contributed by atoms with Gasteiger partial charge in [0.25, 0.3) is 0 Å². The standard InChI is InChI=1S/C15H24ClN3S.HI/c1-5-17-14(19-11-15(2,3)20-4)18-10-12-8-6-7-9-13(12)16;/h6-9H,5,10-11H2,1-4H3,(H2,17,18,19);1H. The van der Waals surface area contributed by atoms with Gasteiger partial charge in [0.05, 0.1) is 6.54 Å². The number of aliphatic imine (C=N–C) groups is 1. The molecule has 21 heavy (non-hydrogen) atoms. The molecule has 6 heteroatoms. The van der Waals surface area contributed by atoms with Crippen LogP contribution in [0.3, 0.4) is 0 Å². The first-order valence-electron chi connectivity index (χ1n) is 6.79. The maximum atomic E-state index is 6.14. The molecule has 0 saturated carbocycles. The molecule has 0 fully saturated rings. The van der Waals surface area contributed by atoms with Gasteiger partial charge in [0, 0.05) is 22.9 Å². The van der Waals surface area contributed by atoms with Gasteiger partial charge in [-0.2, -0.15) is 11.8 Å². The molecule has 1 rings (SSSR count). The lowest BCUT2D eigenvalue weighted by molar-refractivity contribution is 0.665. The highest BCUT2D eigenvalue weighted by Crippen LogP contribution is 2.19. The molecule has 0 aliphatic carbocycles. The molecule has 0 heterocycles. The van der Waals surface area contributed by atoms with Crippen LogP contribution in [0.4, 0.5) is 0 Å². The van der Waals surface area contributed by atoms with Crippen LogP contribution < -0.4 is 10.6 Å². The van der Waals surface area contributed by atoms with Crippen molar-refractivity contribution >= 4 is 53.3 Å². The molecule has 1 aromatic carbocycles. The average molecular weight is 442 g/mol. The Bertz CT molecular complexity index is 452. The maximum absolute atomic E-state index is 6.14. The van der Waals surface area contributed by atoms with Gasteiger partial charge in [0.1, 0.15) is 0 Å². The molecular weight excluding hydrogens is 417 g/mol. The largest absolute Gasteiger partial charge is 0.357 e. The average Bonchev–Trinajstić information content (AvgIpc) is 2.43. The van der Waals surface area contributed by atoms with Gasteiger partial charge in [-0.05, 0) is 38.7 Å². The molecule has 0 radical (unpaired) electrons. The third kappa shape index (κ3) is 8.16. The fourth-order valence-electron chi connectivity index (χ4n) is 1.50. The zero-order chi connectivity index (χ0) is 15.0. The van der Waals surface area contributed by atoms with Gasteiger partial charge >= 0.3 is 0 Å². The topological polar surface area (TPSA) is 36.4 Å². The third-order valence-corrected chi connectivity index (χ3v) is 4.56. The van der Waals surface area contributed by atoms with E-state index in [1.807, 2.05) is 36.0 Å². The van der Waals surface area contributed by atoms with E-state index in [4.69, 9.17) is 11.6 Å². The first-order chi connectivity index (χ1) is 9.48. The minimum Gasteiger partial charge on any atom is -0.357 e. The minimum atomic E-state index is 0. The van der Waals surface area contributed by atoms with Crippen molar-refractivity contribution in [3.05, 3.63) is 34.9 Å². The Morgan fingerprint density at radius 3 is 2.52 bits per heavy atom. The maximum Gasteiger partial charge on any atom is 0.191 e. The molecule has 0 amide bonds. The molecule has 0 spiro atoms. The zero-order valence-electron chi connectivity index (χ0n) is 13.1. The van der Waals surface area contributed by atoms with Crippen LogP contribution in [0.1, 0.15) is 26.3 Å². The van der Waals surface area contributed by atoms with Crippen molar-refractivity contribution in [2.24, 2.45) is 4.99 Å². The van der Waals surface area contributed by atoms with E-state index < -0.39 is 0 Å². The Morgan fingerprint density at radius 1 is 1.29 bits per heavy atom. The normalized spacial score (nSPS) is 11.8. The fraction of sp³-hybridized carbons (Fsp3) is 0.533. The molecule has 0 atom stereocenters. The van der Waals surface area contributed by atoms with E-state index in [0.29, 0.717) is 6.54 Å². The van der Waals surface area contributed by atoms with Gasteiger partial charge < -0.3 is 10.6 Å². The number of hydrogen-bond acceptors (Lipinski definition) is 2. The van der Waals surface area contributed by atoms with Crippen LogP contribution in [0.25, 0.3) is 0 Å². The van der Waals surface area contributed by atoms with Crippen LogP contribution in [0.5, 0.6) is 0 Å². The Balaban J connectivity index is 0.00000400. The Kier molecular flexibility index (Phi) is 10.5. The summed E-state index contributed by atoms with van der Waals surface area (Å²) in [7, 11) is 0. The molecule has 0 aromatic heterocycles. The minimum absolute atomic E-state index is 0. The Morgan fingerprint density at radius 2 is 1.95 bits per heavy atom. The molecule has 3 nitrogen and oxygen atoms in total. The molecular formula is C15H25ClIN3S. The van der Waals surface area contributed by atoms with E-state index in [9.17, 15) is 0 Å². The van der Waals surface area contributed by atoms with Gasteiger partial charge in [-0.25, -0.2) is 4.99 Å². The molecule has 0 saturated heterocycles. The van der Waals surface area contributed by atoms with Crippen molar-refractivity contribution in [2.75, 3.05) is 19.3 Å². The lowest BCUT2D eigenvalue weighted by Gasteiger charge is -2.23.